The zero-order chi connectivity index (χ0) is 18.0. The fourth-order valence-corrected chi connectivity index (χ4v) is 1.89. The quantitative estimate of drug-likeness (QED) is 0.534. The first-order valence-electron chi connectivity index (χ1n) is 8.04. The summed E-state index contributed by atoms with van der Waals surface area (Å²) >= 11 is 0. The van der Waals surface area contributed by atoms with Gasteiger partial charge in [0.1, 0.15) is 5.54 Å². The molecule has 0 atom stereocenters. The predicted octanol–water partition coefficient (Wildman–Crippen LogP) is 1.02. The van der Waals surface area contributed by atoms with Crippen LogP contribution in [0.1, 0.15) is 37.6 Å². The molecular formula is C17H26N4O3. The molecular weight excluding hydrogens is 308 g/mol. The zero-order valence-corrected chi connectivity index (χ0v) is 14.4. The van der Waals surface area contributed by atoms with E-state index < -0.39 is 5.54 Å². The Morgan fingerprint density at radius 2 is 1.54 bits per heavy atom. The number of hydrogen-bond donors (Lipinski definition) is 4. The van der Waals surface area contributed by atoms with Crippen molar-refractivity contribution in [2.24, 2.45) is 0 Å². The van der Waals surface area contributed by atoms with Crippen molar-refractivity contribution in [2.45, 2.75) is 32.7 Å². The highest BCUT2D eigenvalue weighted by Gasteiger charge is 2.28. The fraction of sp³-hybridized carbons (Fsp3) is 0.471. The summed E-state index contributed by atoms with van der Waals surface area (Å²) in [5.74, 6) is -0.510. The monoisotopic (exact) mass is 334 g/mol. The van der Waals surface area contributed by atoms with E-state index in [-0.39, 0.29) is 24.4 Å². The molecule has 0 aliphatic rings. The van der Waals surface area contributed by atoms with Crippen molar-refractivity contribution in [2.75, 3.05) is 19.6 Å². The Morgan fingerprint density at radius 1 is 0.917 bits per heavy atom. The summed E-state index contributed by atoms with van der Waals surface area (Å²) in [4.78, 5) is 35.6. The van der Waals surface area contributed by atoms with Gasteiger partial charge in [-0.05, 0) is 32.4 Å². The minimum absolute atomic E-state index is 0.193. The Bertz CT molecular complexity index is 558. The molecule has 0 spiro atoms. The topological polar surface area (TPSA) is 99.3 Å². The number of urea groups is 1. The van der Waals surface area contributed by atoms with Crippen LogP contribution in [0.15, 0.2) is 30.3 Å². The van der Waals surface area contributed by atoms with Crippen molar-refractivity contribution in [1.82, 2.24) is 21.3 Å². The van der Waals surface area contributed by atoms with Gasteiger partial charge in [-0.1, -0.05) is 25.1 Å². The SMILES string of the molecule is CCCNC(=O)NC(C)(C)C(=O)NCCNC(=O)c1ccccc1. The molecule has 0 saturated carbocycles. The van der Waals surface area contributed by atoms with Crippen LogP contribution < -0.4 is 21.3 Å². The first-order valence-corrected chi connectivity index (χ1v) is 8.04. The van der Waals surface area contributed by atoms with E-state index in [9.17, 15) is 14.4 Å². The van der Waals surface area contributed by atoms with Crippen LogP contribution in [-0.4, -0.2) is 43.0 Å². The van der Waals surface area contributed by atoms with Crippen LogP contribution >= 0.6 is 0 Å². The van der Waals surface area contributed by atoms with E-state index in [1.54, 1.807) is 38.1 Å². The summed E-state index contributed by atoms with van der Waals surface area (Å²) in [7, 11) is 0. The summed E-state index contributed by atoms with van der Waals surface area (Å²) in [5.41, 5.74) is -0.472. The lowest BCUT2D eigenvalue weighted by molar-refractivity contribution is -0.126. The van der Waals surface area contributed by atoms with Gasteiger partial charge in [-0.2, -0.15) is 0 Å². The number of hydrogen-bond acceptors (Lipinski definition) is 3. The van der Waals surface area contributed by atoms with Crippen molar-refractivity contribution in [3.63, 3.8) is 0 Å². The van der Waals surface area contributed by atoms with E-state index in [4.69, 9.17) is 0 Å². The number of amides is 4. The van der Waals surface area contributed by atoms with Gasteiger partial charge in [0.15, 0.2) is 0 Å². The number of carbonyl (C=O) groups is 3. The standard InChI is InChI=1S/C17H26N4O3/c1-4-10-20-16(24)21-17(2,3)15(23)19-12-11-18-14(22)13-8-6-5-7-9-13/h5-9H,4,10-12H2,1-3H3,(H,18,22)(H,19,23)(H2,20,21,24). The molecule has 0 aliphatic heterocycles. The molecule has 0 unspecified atom stereocenters. The van der Waals surface area contributed by atoms with Crippen LogP contribution in [0.3, 0.4) is 0 Å². The molecule has 7 heteroatoms. The van der Waals surface area contributed by atoms with E-state index in [1.807, 2.05) is 13.0 Å². The maximum absolute atomic E-state index is 12.1. The number of rotatable bonds is 8. The lowest BCUT2D eigenvalue weighted by Crippen LogP contribution is -2.57. The van der Waals surface area contributed by atoms with Gasteiger partial charge >= 0.3 is 6.03 Å². The Hall–Kier alpha value is -2.57. The summed E-state index contributed by atoms with van der Waals surface area (Å²) in [5, 5.41) is 10.7. The molecule has 0 bridgehead atoms. The maximum atomic E-state index is 12.1. The minimum Gasteiger partial charge on any atom is -0.352 e. The molecule has 132 valence electrons. The van der Waals surface area contributed by atoms with Crippen LogP contribution in [0, 0.1) is 0 Å². The molecule has 4 N–H and O–H groups in total. The van der Waals surface area contributed by atoms with E-state index in [0.717, 1.165) is 6.42 Å². The van der Waals surface area contributed by atoms with Gasteiger partial charge in [0.25, 0.3) is 5.91 Å². The predicted molar refractivity (Wildman–Crippen MR) is 92.7 cm³/mol. The summed E-state index contributed by atoms with van der Waals surface area (Å²) < 4.78 is 0. The fourth-order valence-electron chi connectivity index (χ4n) is 1.89. The van der Waals surface area contributed by atoms with E-state index in [1.165, 1.54) is 0 Å². The highest BCUT2D eigenvalue weighted by atomic mass is 16.2. The van der Waals surface area contributed by atoms with Crippen molar-refractivity contribution >= 4 is 17.8 Å². The molecule has 0 saturated heterocycles. The van der Waals surface area contributed by atoms with Crippen LogP contribution in [0.4, 0.5) is 4.79 Å². The van der Waals surface area contributed by atoms with Gasteiger partial charge < -0.3 is 21.3 Å². The molecule has 4 amide bonds. The normalized spacial score (nSPS) is 10.6. The molecule has 7 nitrogen and oxygen atoms in total. The number of nitrogens with one attached hydrogen (secondary N) is 4. The third-order valence-corrected chi connectivity index (χ3v) is 3.26. The Morgan fingerprint density at radius 3 is 2.17 bits per heavy atom. The van der Waals surface area contributed by atoms with Crippen LogP contribution in [0.2, 0.25) is 0 Å². The summed E-state index contributed by atoms with van der Waals surface area (Å²) in [6.07, 6.45) is 0.821. The van der Waals surface area contributed by atoms with Gasteiger partial charge in [0.05, 0.1) is 0 Å². The first kappa shape index (κ1) is 19.5. The molecule has 0 aliphatic carbocycles. The molecule has 1 aromatic rings. The Balaban J connectivity index is 2.32. The van der Waals surface area contributed by atoms with Gasteiger partial charge in [0.2, 0.25) is 5.91 Å². The lowest BCUT2D eigenvalue weighted by Gasteiger charge is -2.25. The molecule has 0 fully saturated rings. The molecule has 0 radical (unpaired) electrons. The lowest BCUT2D eigenvalue weighted by atomic mass is 10.1. The second-order valence-corrected chi connectivity index (χ2v) is 5.88. The smallest absolute Gasteiger partial charge is 0.315 e. The van der Waals surface area contributed by atoms with Gasteiger partial charge in [0, 0.05) is 25.2 Å². The Labute approximate surface area is 142 Å². The second-order valence-electron chi connectivity index (χ2n) is 5.88. The third kappa shape index (κ3) is 6.68. The molecule has 0 aromatic heterocycles. The van der Waals surface area contributed by atoms with Crippen molar-refractivity contribution < 1.29 is 14.4 Å². The van der Waals surface area contributed by atoms with E-state index >= 15 is 0 Å². The van der Waals surface area contributed by atoms with Crippen molar-refractivity contribution in [3.8, 4) is 0 Å². The highest BCUT2D eigenvalue weighted by molar-refractivity contribution is 5.94. The average Bonchev–Trinajstić information content (AvgIpc) is 2.56. The van der Waals surface area contributed by atoms with Crippen molar-refractivity contribution in [1.29, 1.82) is 0 Å². The molecule has 1 aromatic carbocycles. The van der Waals surface area contributed by atoms with Crippen LogP contribution in [0.5, 0.6) is 0 Å². The van der Waals surface area contributed by atoms with Gasteiger partial charge in [-0.3, -0.25) is 9.59 Å². The Kier molecular flexibility index (Phi) is 7.74. The second kappa shape index (κ2) is 9.54. The van der Waals surface area contributed by atoms with Crippen LogP contribution in [-0.2, 0) is 4.79 Å². The number of benzene rings is 1. The third-order valence-electron chi connectivity index (χ3n) is 3.26. The summed E-state index contributed by atoms with van der Waals surface area (Å²) in [6, 6.07) is 8.46. The zero-order valence-electron chi connectivity index (χ0n) is 14.4. The minimum atomic E-state index is -1.04. The maximum Gasteiger partial charge on any atom is 0.315 e. The molecule has 0 heterocycles. The number of carbonyl (C=O) groups excluding carboxylic acids is 3. The van der Waals surface area contributed by atoms with Gasteiger partial charge in [-0.25, -0.2) is 4.79 Å². The van der Waals surface area contributed by atoms with E-state index in [0.29, 0.717) is 18.7 Å². The summed E-state index contributed by atoms with van der Waals surface area (Å²) in [6.45, 7) is 6.32. The molecule has 24 heavy (non-hydrogen) atoms. The van der Waals surface area contributed by atoms with Crippen LogP contribution in [0.25, 0.3) is 0 Å². The van der Waals surface area contributed by atoms with Crippen molar-refractivity contribution in [3.05, 3.63) is 35.9 Å². The highest BCUT2D eigenvalue weighted by Crippen LogP contribution is 2.01. The van der Waals surface area contributed by atoms with Gasteiger partial charge in [-0.15, -0.1) is 0 Å². The average molecular weight is 334 g/mol. The largest absolute Gasteiger partial charge is 0.352 e. The molecule has 1 rings (SSSR count). The van der Waals surface area contributed by atoms with E-state index in [2.05, 4.69) is 21.3 Å². The first-order chi connectivity index (χ1) is 11.4.